The van der Waals surface area contributed by atoms with Gasteiger partial charge in [-0.2, -0.15) is 0 Å². The molecule has 0 bridgehead atoms. The zero-order valence-corrected chi connectivity index (χ0v) is 16.6. The summed E-state index contributed by atoms with van der Waals surface area (Å²) in [6, 6.07) is 20.0. The van der Waals surface area contributed by atoms with Gasteiger partial charge in [-0.05, 0) is 71.2 Å². The molecule has 0 saturated carbocycles. The molecular formula is C22H19BrN2O2. The first kappa shape index (κ1) is 18.9. The molecule has 3 aromatic rings. The van der Waals surface area contributed by atoms with E-state index in [1.807, 2.05) is 38.1 Å². The van der Waals surface area contributed by atoms with Crippen LogP contribution < -0.4 is 10.6 Å². The molecule has 4 nitrogen and oxygen atoms in total. The highest BCUT2D eigenvalue weighted by Crippen LogP contribution is 2.22. The maximum atomic E-state index is 12.8. The van der Waals surface area contributed by atoms with Crippen LogP contribution in [0.5, 0.6) is 0 Å². The van der Waals surface area contributed by atoms with E-state index in [9.17, 15) is 9.59 Å². The lowest BCUT2D eigenvalue weighted by Gasteiger charge is -2.13. The first-order valence-corrected chi connectivity index (χ1v) is 9.28. The molecule has 0 fully saturated rings. The number of amides is 2. The third-order valence-corrected chi connectivity index (χ3v) is 4.87. The number of hydrogen-bond acceptors (Lipinski definition) is 2. The molecular weight excluding hydrogens is 404 g/mol. The lowest BCUT2D eigenvalue weighted by molar-refractivity contribution is 0.102. The summed E-state index contributed by atoms with van der Waals surface area (Å²) in [5, 5.41) is 5.76. The number of carbonyl (C=O) groups excluding carboxylic acids is 2. The van der Waals surface area contributed by atoms with Crippen molar-refractivity contribution in [3.8, 4) is 0 Å². The van der Waals surface area contributed by atoms with Crippen molar-refractivity contribution >= 4 is 39.1 Å². The molecule has 0 atom stereocenters. The van der Waals surface area contributed by atoms with Crippen LogP contribution in [0.2, 0.25) is 0 Å². The molecule has 0 aliphatic rings. The molecule has 5 heteroatoms. The minimum absolute atomic E-state index is 0.272. The van der Waals surface area contributed by atoms with Crippen LogP contribution >= 0.6 is 15.9 Å². The van der Waals surface area contributed by atoms with Gasteiger partial charge in [-0.15, -0.1) is 0 Å². The fraction of sp³-hybridized carbons (Fsp3) is 0.0909. The van der Waals surface area contributed by atoms with E-state index in [4.69, 9.17) is 0 Å². The zero-order chi connectivity index (χ0) is 19.4. The van der Waals surface area contributed by atoms with Gasteiger partial charge < -0.3 is 10.6 Å². The Hall–Kier alpha value is -2.92. The zero-order valence-electron chi connectivity index (χ0n) is 15.0. The molecule has 2 N–H and O–H groups in total. The number of halogens is 1. The van der Waals surface area contributed by atoms with Gasteiger partial charge in [-0.3, -0.25) is 9.59 Å². The molecule has 3 aromatic carbocycles. The van der Waals surface area contributed by atoms with Gasteiger partial charge in [0.25, 0.3) is 11.8 Å². The average Bonchev–Trinajstić information content (AvgIpc) is 2.65. The second-order valence-corrected chi connectivity index (χ2v) is 7.11. The van der Waals surface area contributed by atoms with Gasteiger partial charge in [0.05, 0.1) is 16.8 Å². The molecule has 0 heterocycles. The quantitative estimate of drug-likeness (QED) is 0.577. The monoisotopic (exact) mass is 422 g/mol. The second-order valence-electron chi connectivity index (χ2n) is 6.25. The number of aryl methyl sites for hydroxylation is 2. The van der Waals surface area contributed by atoms with Gasteiger partial charge in [0.1, 0.15) is 0 Å². The Morgan fingerprint density at radius 2 is 1.33 bits per heavy atom. The summed E-state index contributed by atoms with van der Waals surface area (Å²) < 4.78 is 0.694. The van der Waals surface area contributed by atoms with Crippen LogP contribution in [-0.2, 0) is 0 Å². The van der Waals surface area contributed by atoms with Crippen molar-refractivity contribution < 1.29 is 9.59 Å². The summed E-state index contributed by atoms with van der Waals surface area (Å²) in [5.41, 5.74) is 4.16. The van der Waals surface area contributed by atoms with Crippen molar-refractivity contribution in [2.75, 3.05) is 10.6 Å². The summed E-state index contributed by atoms with van der Waals surface area (Å²) in [6.07, 6.45) is 0. The van der Waals surface area contributed by atoms with E-state index in [2.05, 4.69) is 26.6 Å². The van der Waals surface area contributed by atoms with Crippen LogP contribution in [0, 0.1) is 13.8 Å². The van der Waals surface area contributed by atoms with Crippen molar-refractivity contribution in [2.24, 2.45) is 0 Å². The standard InChI is InChI=1S/C22H19BrN2O2/c1-14-11-12-15(2)20(13-14)25-22(27)17-8-4-6-10-19(17)24-21(26)16-7-3-5-9-18(16)23/h3-13H,1-2H3,(H,24,26)(H,25,27). The summed E-state index contributed by atoms with van der Waals surface area (Å²) in [6.45, 7) is 3.91. The Morgan fingerprint density at radius 1 is 0.741 bits per heavy atom. The van der Waals surface area contributed by atoms with E-state index >= 15 is 0 Å². The average molecular weight is 423 g/mol. The number of nitrogens with one attached hydrogen (secondary N) is 2. The van der Waals surface area contributed by atoms with Gasteiger partial charge in [-0.25, -0.2) is 0 Å². The molecule has 27 heavy (non-hydrogen) atoms. The third-order valence-electron chi connectivity index (χ3n) is 4.18. The molecule has 3 rings (SSSR count). The van der Waals surface area contributed by atoms with Gasteiger partial charge in [0, 0.05) is 10.2 Å². The molecule has 0 saturated heterocycles. The van der Waals surface area contributed by atoms with Crippen LogP contribution in [-0.4, -0.2) is 11.8 Å². The molecule has 0 aliphatic carbocycles. The normalized spacial score (nSPS) is 10.3. The first-order valence-electron chi connectivity index (χ1n) is 8.49. The van der Waals surface area contributed by atoms with Gasteiger partial charge in [-0.1, -0.05) is 36.4 Å². The predicted octanol–water partition coefficient (Wildman–Crippen LogP) is 5.57. The summed E-state index contributed by atoms with van der Waals surface area (Å²) in [5.74, 6) is -0.554. The molecule has 0 unspecified atom stereocenters. The van der Waals surface area contributed by atoms with E-state index in [-0.39, 0.29) is 11.8 Å². The smallest absolute Gasteiger partial charge is 0.257 e. The molecule has 136 valence electrons. The summed E-state index contributed by atoms with van der Waals surface area (Å²) in [4.78, 5) is 25.4. The SMILES string of the molecule is Cc1ccc(C)c(NC(=O)c2ccccc2NC(=O)c2ccccc2Br)c1. The van der Waals surface area contributed by atoms with Crippen molar-refractivity contribution in [3.05, 3.63) is 93.5 Å². The van der Waals surface area contributed by atoms with Crippen LogP contribution in [0.4, 0.5) is 11.4 Å². The second kappa shape index (κ2) is 8.18. The van der Waals surface area contributed by atoms with E-state index < -0.39 is 0 Å². The van der Waals surface area contributed by atoms with Crippen molar-refractivity contribution in [3.63, 3.8) is 0 Å². The lowest BCUT2D eigenvalue weighted by atomic mass is 10.1. The summed E-state index contributed by atoms with van der Waals surface area (Å²) in [7, 11) is 0. The number of carbonyl (C=O) groups is 2. The molecule has 0 radical (unpaired) electrons. The van der Waals surface area contributed by atoms with Crippen molar-refractivity contribution in [1.29, 1.82) is 0 Å². The number of hydrogen-bond donors (Lipinski definition) is 2. The molecule has 2 amide bonds. The number of para-hydroxylation sites is 1. The van der Waals surface area contributed by atoms with Crippen molar-refractivity contribution in [2.45, 2.75) is 13.8 Å². The number of rotatable bonds is 4. The van der Waals surface area contributed by atoms with E-state index in [0.29, 0.717) is 21.3 Å². The molecule has 0 aliphatic heterocycles. The van der Waals surface area contributed by atoms with Crippen LogP contribution in [0.15, 0.2) is 71.2 Å². The van der Waals surface area contributed by atoms with E-state index in [1.165, 1.54) is 0 Å². The predicted molar refractivity (Wildman–Crippen MR) is 112 cm³/mol. The third kappa shape index (κ3) is 4.44. The summed E-state index contributed by atoms with van der Waals surface area (Å²) >= 11 is 3.38. The van der Waals surface area contributed by atoms with Crippen LogP contribution in [0.25, 0.3) is 0 Å². The maximum Gasteiger partial charge on any atom is 0.257 e. The fourth-order valence-corrected chi connectivity index (χ4v) is 3.15. The van der Waals surface area contributed by atoms with Crippen LogP contribution in [0.3, 0.4) is 0 Å². The largest absolute Gasteiger partial charge is 0.322 e. The Bertz CT molecular complexity index is 1010. The molecule has 0 spiro atoms. The topological polar surface area (TPSA) is 58.2 Å². The van der Waals surface area contributed by atoms with E-state index in [0.717, 1.165) is 16.8 Å². The van der Waals surface area contributed by atoms with Crippen LogP contribution in [0.1, 0.15) is 31.8 Å². The Morgan fingerprint density at radius 3 is 2.07 bits per heavy atom. The lowest BCUT2D eigenvalue weighted by Crippen LogP contribution is -2.19. The Labute approximate surface area is 166 Å². The number of anilines is 2. The van der Waals surface area contributed by atoms with Gasteiger partial charge in [0.15, 0.2) is 0 Å². The maximum absolute atomic E-state index is 12.8. The first-order chi connectivity index (χ1) is 13.0. The Balaban J connectivity index is 1.85. The molecule has 0 aromatic heterocycles. The Kier molecular flexibility index (Phi) is 5.72. The highest BCUT2D eigenvalue weighted by Gasteiger charge is 2.16. The van der Waals surface area contributed by atoms with Crippen molar-refractivity contribution in [1.82, 2.24) is 0 Å². The minimum Gasteiger partial charge on any atom is -0.322 e. The minimum atomic E-state index is -0.283. The fourth-order valence-electron chi connectivity index (χ4n) is 2.69. The highest BCUT2D eigenvalue weighted by molar-refractivity contribution is 9.10. The highest BCUT2D eigenvalue weighted by atomic mass is 79.9. The van der Waals surface area contributed by atoms with E-state index in [1.54, 1.807) is 42.5 Å². The number of benzene rings is 3. The van der Waals surface area contributed by atoms with Gasteiger partial charge >= 0.3 is 0 Å². The van der Waals surface area contributed by atoms with Gasteiger partial charge in [0.2, 0.25) is 0 Å².